The van der Waals surface area contributed by atoms with Crippen molar-refractivity contribution in [1.82, 2.24) is 19.6 Å². The number of aromatic carboxylic acids is 1. The monoisotopic (exact) mass is 438 g/mol. The standard InChI is InChI=1S/C14H13F3N2O2.C6H8N2O2/c1-2-21-13(20)11-7-18-19(9-11)8-10-3-5-12(6-4-10)14(15,16)17;1-2-8-4-5(3-7-8)6(9)10/h3-7,9H,2,8H2,1H3;3-4H,2H2,1H3,(H,9,10). The first-order valence-electron chi connectivity index (χ1n) is 9.25. The van der Waals surface area contributed by atoms with Crippen molar-refractivity contribution in [2.24, 2.45) is 0 Å². The maximum absolute atomic E-state index is 12.4. The second kappa shape index (κ2) is 10.4. The van der Waals surface area contributed by atoms with Crippen LogP contribution in [0.1, 0.15) is 45.7 Å². The number of aromatic nitrogens is 4. The van der Waals surface area contributed by atoms with Gasteiger partial charge in [0.2, 0.25) is 0 Å². The van der Waals surface area contributed by atoms with Crippen LogP contribution >= 0.6 is 0 Å². The lowest BCUT2D eigenvalue weighted by Gasteiger charge is -2.07. The van der Waals surface area contributed by atoms with E-state index in [1.807, 2.05) is 6.92 Å². The Bertz CT molecular complexity index is 1010. The van der Waals surface area contributed by atoms with E-state index >= 15 is 0 Å². The molecule has 0 bridgehead atoms. The maximum atomic E-state index is 12.4. The molecule has 0 unspecified atom stereocenters. The van der Waals surface area contributed by atoms with Crippen molar-refractivity contribution in [2.75, 3.05) is 6.61 Å². The molecule has 0 aliphatic heterocycles. The van der Waals surface area contributed by atoms with Crippen molar-refractivity contribution in [3.8, 4) is 0 Å². The molecular formula is C20H21F3N4O4. The quantitative estimate of drug-likeness (QED) is 0.589. The van der Waals surface area contributed by atoms with Crippen LogP contribution in [0, 0.1) is 0 Å². The number of carboxylic acid groups (broad SMARTS) is 1. The summed E-state index contributed by atoms with van der Waals surface area (Å²) in [7, 11) is 0. The molecule has 1 aromatic carbocycles. The van der Waals surface area contributed by atoms with Crippen LogP contribution < -0.4 is 0 Å². The number of carboxylic acids is 1. The lowest BCUT2D eigenvalue weighted by atomic mass is 10.1. The molecule has 0 amide bonds. The Labute approximate surface area is 175 Å². The van der Waals surface area contributed by atoms with E-state index in [-0.39, 0.29) is 18.7 Å². The van der Waals surface area contributed by atoms with E-state index < -0.39 is 23.7 Å². The van der Waals surface area contributed by atoms with Gasteiger partial charge in [0.25, 0.3) is 0 Å². The minimum Gasteiger partial charge on any atom is -0.478 e. The Morgan fingerprint density at radius 1 is 1.00 bits per heavy atom. The SMILES string of the molecule is CCOC(=O)c1cnn(Cc2ccc(C(F)(F)F)cc2)c1.CCn1cc(C(=O)O)cn1. The number of benzene rings is 1. The van der Waals surface area contributed by atoms with Gasteiger partial charge >= 0.3 is 18.1 Å². The molecule has 0 spiro atoms. The van der Waals surface area contributed by atoms with Gasteiger partial charge in [-0.05, 0) is 31.5 Å². The number of ether oxygens (including phenoxy) is 1. The molecule has 8 nitrogen and oxygen atoms in total. The van der Waals surface area contributed by atoms with Gasteiger partial charge < -0.3 is 9.84 Å². The molecule has 2 heterocycles. The lowest BCUT2D eigenvalue weighted by Crippen LogP contribution is -2.06. The molecule has 3 rings (SSSR count). The molecule has 1 N–H and O–H groups in total. The molecule has 0 radical (unpaired) electrons. The molecule has 31 heavy (non-hydrogen) atoms. The third-order valence-corrected chi connectivity index (χ3v) is 3.97. The van der Waals surface area contributed by atoms with Crippen molar-refractivity contribution >= 4 is 11.9 Å². The zero-order valence-electron chi connectivity index (χ0n) is 16.8. The molecule has 0 saturated carbocycles. The number of rotatable bonds is 6. The summed E-state index contributed by atoms with van der Waals surface area (Å²) in [6, 6.07) is 4.80. The lowest BCUT2D eigenvalue weighted by molar-refractivity contribution is -0.137. The van der Waals surface area contributed by atoms with E-state index in [0.717, 1.165) is 12.1 Å². The predicted molar refractivity (Wildman–Crippen MR) is 104 cm³/mol. The predicted octanol–water partition coefficient (Wildman–Crippen LogP) is 3.73. The van der Waals surface area contributed by atoms with Crippen molar-refractivity contribution in [3.05, 3.63) is 71.3 Å². The number of aryl methyl sites for hydroxylation is 1. The van der Waals surface area contributed by atoms with Crippen molar-refractivity contribution in [3.63, 3.8) is 0 Å². The molecule has 2 aromatic heterocycles. The van der Waals surface area contributed by atoms with Crippen molar-refractivity contribution in [2.45, 2.75) is 33.1 Å². The number of hydrogen-bond acceptors (Lipinski definition) is 5. The highest BCUT2D eigenvalue weighted by atomic mass is 19.4. The zero-order valence-corrected chi connectivity index (χ0v) is 16.8. The molecule has 3 aromatic rings. The number of carbonyl (C=O) groups excluding carboxylic acids is 1. The van der Waals surface area contributed by atoms with Gasteiger partial charge in [-0.1, -0.05) is 12.1 Å². The Hall–Kier alpha value is -3.63. The molecule has 0 saturated heterocycles. The van der Waals surface area contributed by atoms with Gasteiger partial charge in [0.15, 0.2) is 0 Å². The van der Waals surface area contributed by atoms with Gasteiger partial charge in [-0.15, -0.1) is 0 Å². The summed E-state index contributed by atoms with van der Waals surface area (Å²) >= 11 is 0. The number of nitrogens with zero attached hydrogens (tertiary/aromatic N) is 4. The fourth-order valence-corrected chi connectivity index (χ4v) is 2.40. The van der Waals surface area contributed by atoms with E-state index in [4.69, 9.17) is 9.84 Å². The van der Waals surface area contributed by atoms with Gasteiger partial charge in [0.05, 0.1) is 42.2 Å². The Kier molecular flexibility index (Phi) is 7.94. The number of esters is 1. The third-order valence-electron chi connectivity index (χ3n) is 3.97. The van der Waals surface area contributed by atoms with Gasteiger partial charge in [0.1, 0.15) is 0 Å². The van der Waals surface area contributed by atoms with E-state index in [9.17, 15) is 22.8 Å². The van der Waals surface area contributed by atoms with Crippen LogP contribution in [-0.2, 0) is 24.0 Å². The van der Waals surface area contributed by atoms with Crippen LogP contribution in [0.5, 0.6) is 0 Å². The van der Waals surface area contributed by atoms with Crippen molar-refractivity contribution in [1.29, 1.82) is 0 Å². The molecule has 166 valence electrons. The fourth-order valence-electron chi connectivity index (χ4n) is 2.40. The molecule has 0 aliphatic carbocycles. The fraction of sp³-hybridized carbons (Fsp3) is 0.300. The largest absolute Gasteiger partial charge is 0.478 e. The first-order valence-corrected chi connectivity index (χ1v) is 9.25. The van der Waals surface area contributed by atoms with E-state index in [1.54, 1.807) is 11.6 Å². The summed E-state index contributed by atoms with van der Waals surface area (Å²) in [5.74, 6) is -1.41. The summed E-state index contributed by atoms with van der Waals surface area (Å²) in [5.41, 5.74) is 0.506. The van der Waals surface area contributed by atoms with E-state index in [0.29, 0.717) is 17.7 Å². The molecular weight excluding hydrogens is 417 g/mol. The minimum absolute atomic E-state index is 0.238. The summed E-state index contributed by atoms with van der Waals surface area (Å²) in [6.07, 6.45) is 1.35. The van der Waals surface area contributed by atoms with Gasteiger partial charge in [0, 0.05) is 18.9 Å². The molecule has 0 fully saturated rings. The zero-order chi connectivity index (χ0) is 23.0. The molecule has 0 aliphatic rings. The number of halogens is 3. The Balaban J connectivity index is 0.000000285. The second-order valence-corrected chi connectivity index (χ2v) is 6.23. The van der Waals surface area contributed by atoms with Crippen LogP contribution in [0.15, 0.2) is 49.1 Å². The van der Waals surface area contributed by atoms with E-state index in [1.165, 1.54) is 41.6 Å². The minimum atomic E-state index is -4.35. The number of hydrogen-bond donors (Lipinski definition) is 1. The van der Waals surface area contributed by atoms with Crippen LogP contribution in [0.3, 0.4) is 0 Å². The average molecular weight is 438 g/mol. The average Bonchev–Trinajstić information content (AvgIpc) is 3.38. The Morgan fingerprint density at radius 3 is 2.06 bits per heavy atom. The highest BCUT2D eigenvalue weighted by molar-refractivity contribution is 5.88. The highest BCUT2D eigenvalue weighted by Gasteiger charge is 2.29. The van der Waals surface area contributed by atoms with E-state index in [2.05, 4.69) is 10.2 Å². The summed E-state index contributed by atoms with van der Waals surface area (Å²) < 4.78 is 45.2. The first-order chi connectivity index (χ1) is 14.6. The van der Waals surface area contributed by atoms with Gasteiger partial charge in [-0.2, -0.15) is 23.4 Å². The van der Waals surface area contributed by atoms with Gasteiger partial charge in [-0.25, -0.2) is 9.59 Å². The summed E-state index contributed by atoms with van der Waals surface area (Å²) in [4.78, 5) is 21.7. The normalized spacial score (nSPS) is 10.9. The van der Waals surface area contributed by atoms with Crippen LogP contribution in [0.25, 0.3) is 0 Å². The van der Waals surface area contributed by atoms with Crippen LogP contribution in [0.2, 0.25) is 0 Å². The Morgan fingerprint density at radius 2 is 1.58 bits per heavy atom. The maximum Gasteiger partial charge on any atom is 0.416 e. The smallest absolute Gasteiger partial charge is 0.416 e. The number of alkyl halides is 3. The van der Waals surface area contributed by atoms with Gasteiger partial charge in [-0.3, -0.25) is 9.36 Å². The van der Waals surface area contributed by atoms with Crippen LogP contribution in [-0.4, -0.2) is 43.2 Å². The summed E-state index contributed by atoms with van der Waals surface area (Å²) in [5, 5.41) is 16.2. The topological polar surface area (TPSA) is 99.2 Å². The summed E-state index contributed by atoms with van der Waals surface area (Å²) in [6.45, 7) is 4.84. The first kappa shape index (κ1) is 23.6. The molecule has 11 heteroatoms. The third kappa shape index (κ3) is 6.98. The van der Waals surface area contributed by atoms with Crippen molar-refractivity contribution < 1.29 is 32.6 Å². The highest BCUT2D eigenvalue weighted by Crippen LogP contribution is 2.29. The number of carbonyl (C=O) groups is 2. The van der Waals surface area contributed by atoms with Crippen LogP contribution in [0.4, 0.5) is 13.2 Å². The molecule has 0 atom stereocenters. The second-order valence-electron chi connectivity index (χ2n) is 6.23.